The summed E-state index contributed by atoms with van der Waals surface area (Å²) < 4.78 is 24.0. The lowest BCUT2D eigenvalue weighted by Gasteiger charge is -2.58. The second-order valence-corrected chi connectivity index (χ2v) is 20.6. The Kier molecular flexibility index (Phi) is 14.4. The minimum Gasteiger partial charge on any atom is -0.508 e. The zero-order valence-electron chi connectivity index (χ0n) is 40.9. The summed E-state index contributed by atoms with van der Waals surface area (Å²) in [5, 5.41) is 20.5. The number of hydrogen-bond donors (Lipinski definition) is 3. The Balaban J connectivity index is 0.00000158. The average molecular weight is 906 g/mol. The Bertz CT molecular complexity index is 2240. The van der Waals surface area contributed by atoms with E-state index in [9.17, 15) is 24.6 Å². The highest BCUT2D eigenvalue weighted by Gasteiger charge is 2.59. The molecule has 2 aromatic carbocycles. The summed E-state index contributed by atoms with van der Waals surface area (Å²) in [6.07, 6.45) is 23.1. The molecule has 0 aromatic heterocycles. The summed E-state index contributed by atoms with van der Waals surface area (Å²) in [7, 11) is 0. The Morgan fingerprint density at radius 3 is 2.20 bits per heavy atom. The highest BCUT2D eigenvalue weighted by atomic mass is 16.6. The Labute approximate surface area is 393 Å². The summed E-state index contributed by atoms with van der Waals surface area (Å²) >= 11 is 0. The number of carbonyl (C=O) groups is 3. The van der Waals surface area contributed by atoms with E-state index in [4.69, 9.17) is 24.7 Å². The Morgan fingerprint density at radius 1 is 0.864 bits per heavy atom. The van der Waals surface area contributed by atoms with Crippen LogP contribution in [0.5, 0.6) is 23.0 Å². The standard InChI is InChI=1S/C52H63NO9.2C2H6/c1-30(2)8-6-7-9-31-11-15-38-36-14-10-32-26-35(18-24-51(32,5)39(36)21-25-50(31,38)4)60-47(57)43(53)29-59-48(58)49(3)22-19-37-40(20-23-49)52(62-46(37)56)41-16-12-33(54)27-44(41)61-45-28-34(55)13-17-42(45)52;2*1-2/h10,12-13,16-17,19-20,22-23,27-28,30-31,35-36,38-39,43,54-55H,6-9,11,14-15,18,21,24-26,29,53H2,1-5H3;2*1-2H3. The van der Waals surface area contributed by atoms with Crippen molar-refractivity contribution in [1.82, 2.24) is 0 Å². The molecule has 2 heterocycles. The fourth-order valence-electron chi connectivity index (χ4n) is 12.9. The van der Waals surface area contributed by atoms with Crippen molar-refractivity contribution in [2.75, 3.05) is 6.61 Å². The van der Waals surface area contributed by atoms with Crippen molar-refractivity contribution in [1.29, 1.82) is 0 Å². The van der Waals surface area contributed by atoms with Crippen LogP contribution in [0.4, 0.5) is 0 Å². The zero-order valence-corrected chi connectivity index (χ0v) is 40.9. The number of aromatic hydroxyl groups is 2. The minimum absolute atomic E-state index is 0.0531. The molecule has 9 unspecified atom stereocenters. The lowest BCUT2D eigenvalue weighted by atomic mass is 9.47. The monoisotopic (exact) mass is 906 g/mol. The second kappa shape index (κ2) is 19.4. The molecule has 0 bridgehead atoms. The normalized spacial score (nSPS) is 31.0. The van der Waals surface area contributed by atoms with Crippen molar-refractivity contribution in [3.63, 3.8) is 0 Å². The largest absolute Gasteiger partial charge is 0.508 e. The van der Waals surface area contributed by atoms with Gasteiger partial charge in [0, 0.05) is 35.3 Å². The fourth-order valence-corrected chi connectivity index (χ4v) is 12.9. The summed E-state index contributed by atoms with van der Waals surface area (Å²) in [5.41, 5.74) is 7.14. The quantitative estimate of drug-likeness (QED) is 0.0908. The molecule has 0 amide bonds. The molecule has 358 valence electrons. The molecule has 9 atom stereocenters. The molecule has 10 nitrogen and oxygen atoms in total. The summed E-state index contributed by atoms with van der Waals surface area (Å²) in [4.78, 5) is 40.8. The number of carbonyl (C=O) groups excluding carboxylic acids is 3. The van der Waals surface area contributed by atoms with E-state index >= 15 is 0 Å². The van der Waals surface area contributed by atoms with Gasteiger partial charge in [0.05, 0.1) is 5.57 Å². The van der Waals surface area contributed by atoms with Crippen LogP contribution in [0.1, 0.15) is 150 Å². The van der Waals surface area contributed by atoms with Crippen LogP contribution in [-0.4, -0.2) is 46.9 Å². The molecular formula is C56H75NO9. The highest BCUT2D eigenvalue weighted by Crippen LogP contribution is 2.67. The first-order valence-electron chi connectivity index (χ1n) is 25.1. The number of rotatable bonds is 10. The number of benzene rings is 2. The van der Waals surface area contributed by atoms with E-state index in [1.807, 2.05) is 27.7 Å². The smallest absolute Gasteiger partial charge is 0.340 e. The van der Waals surface area contributed by atoms with Gasteiger partial charge in [-0.05, 0) is 129 Å². The molecule has 3 saturated carbocycles. The van der Waals surface area contributed by atoms with Crippen molar-refractivity contribution in [3.05, 3.63) is 94.6 Å². The molecule has 2 aromatic rings. The molecule has 66 heavy (non-hydrogen) atoms. The van der Waals surface area contributed by atoms with E-state index in [1.54, 1.807) is 43.4 Å². The maximum atomic E-state index is 13.8. The summed E-state index contributed by atoms with van der Waals surface area (Å²) in [6, 6.07) is 7.87. The first-order valence-corrected chi connectivity index (χ1v) is 25.1. The van der Waals surface area contributed by atoms with Crippen LogP contribution in [0, 0.1) is 45.8 Å². The van der Waals surface area contributed by atoms with E-state index < -0.39 is 35.0 Å². The molecule has 2 aliphatic heterocycles. The van der Waals surface area contributed by atoms with Crippen LogP contribution in [-0.2, 0) is 34.2 Å². The van der Waals surface area contributed by atoms with Gasteiger partial charge in [-0.3, -0.25) is 9.59 Å². The van der Waals surface area contributed by atoms with E-state index in [-0.39, 0.29) is 46.7 Å². The van der Waals surface area contributed by atoms with E-state index in [0.29, 0.717) is 28.0 Å². The molecule has 1 spiro atoms. The molecule has 4 N–H and O–H groups in total. The third-order valence-corrected chi connectivity index (χ3v) is 16.5. The van der Waals surface area contributed by atoms with Crippen molar-refractivity contribution in [2.45, 2.75) is 157 Å². The molecule has 0 saturated heterocycles. The topological polar surface area (TPSA) is 155 Å². The molecular weight excluding hydrogens is 831 g/mol. The highest BCUT2D eigenvalue weighted by molar-refractivity contribution is 5.99. The number of phenols is 2. The van der Waals surface area contributed by atoms with E-state index in [2.05, 4.69) is 33.8 Å². The number of fused-ring (bicyclic) bond motifs is 10. The summed E-state index contributed by atoms with van der Waals surface area (Å²) in [5.74, 6) is 2.38. The van der Waals surface area contributed by atoms with Gasteiger partial charge in [0.2, 0.25) is 0 Å². The molecule has 0 radical (unpaired) electrons. The fraction of sp³-hybridized carbons (Fsp3) is 0.589. The minimum atomic E-state index is -1.49. The van der Waals surface area contributed by atoms with Gasteiger partial charge in [-0.2, -0.15) is 0 Å². The molecule has 5 aliphatic carbocycles. The van der Waals surface area contributed by atoms with Crippen LogP contribution in [0.25, 0.3) is 0 Å². The number of ether oxygens (including phenoxy) is 4. The Morgan fingerprint density at radius 2 is 1.53 bits per heavy atom. The predicted octanol–water partition coefficient (Wildman–Crippen LogP) is 12.1. The van der Waals surface area contributed by atoms with Gasteiger partial charge >= 0.3 is 17.9 Å². The maximum absolute atomic E-state index is 13.8. The lowest BCUT2D eigenvalue weighted by molar-refractivity contribution is -0.158. The van der Waals surface area contributed by atoms with E-state index in [0.717, 1.165) is 49.4 Å². The third kappa shape index (κ3) is 8.65. The number of phenolic OH excluding ortho intramolecular Hbond substituents is 2. The number of esters is 3. The van der Waals surface area contributed by atoms with E-state index in [1.165, 1.54) is 81.2 Å². The number of unbranched alkanes of at least 4 members (excludes halogenated alkanes) is 1. The Hall–Kier alpha value is -4.83. The van der Waals surface area contributed by atoms with Gasteiger partial charge in [0.25, 0.3) is 0 Å². The third-order valence-electron chi connectivity index (χ3n) is 16.5. The van der Waals surface area contributed by atoms with Gasteiger partial charge in [-0.15, -0.1) is 0 Å². The lowest BCUT2D eigenvalue weighted by Crippen LogP contribution is -2.51. The summed E-state index contributed by atoms with van der Waals surface area (Å²) in [6.45, 7) is 19.1. The SMILES string of the molecule is CC.CC.CC(C)CCCCC1CCC2C3CC=C4CC(OC(=O)C(N)COC(=O)C5(C)C=CC6=C(C=C5)C5(OC6=O)c6ccc(O)cc6Oc6cc(O)ccc65)CCC4(C)C3CCC12C. The number of allylic oxidation sites excluding steroid dienone is 1. The predicted molar refractivity (Wildman–Crippen MR) is 257 cm³/mol. The van der Waals surface area contributed by atoms with Crippen LogP contribution >= 0.6 is 0 Å². The molecule has 7 aliphatic rings. The molecule has 3 fully saturated rings. The van der Waals surface area contributed by atoms with Gasteiger partial charge < -0.3 is 34.9 Å². The van der Waals surface area contributed by atoms with Crippen molar-refractivity contribution in [3.8, 4) is 23.0 Å². The first kappa shape index (κ1) is 49.1. The van der Waals surface area contributed by atoms with Crippen LogP contribution < -0.4 is 10.5 Å². The second-order valence-electron chi connectivity index (χ2n) is 20.6. The first-order chi connectivity index (χ1) is 31.6. The van der Waals surface area contributed by atoms with Crippen LogP contribution in [0.2, 0.25) is 0 Å². The van der Waals surface area contributed by atoms with Crippen molar-refractivity contribution < 1.29 is 43.5 Å². The van der Waals surface area contributed by atoms with Gasteiger partial charge in [-0.1, -0.05) is 105 Å². The van der Waals surface area contributed by atoms with Crippen LogP contribution in [0.3, 0.4) is 0 Å². The maximum Gasteiger partial charge on any atom is 0.340 e. The average Bonchev–Trinajstić information content (AvgIpc) is 3.70. The van der Waals surface area contributed by atoms with Gasteiger partial charge in [0.1, 0.15) is 47.2 Å². The van der Waals surface area contributed by atoms with Crippen LogP contribution in [0.15, 0.2) is 83.5 Å². The van der Waals surface area contributed by atoms with Gasteiger partial charge in [0.15, 0.2) is 5.60 Å². The molecule has 9 rings (SSSR count). The zero-order chi connectivity index (χ0) is 47.8. The van der Waals surface area contributed by atoms with Gasteiger partial charge in [-0.25, -0.2) is 4.79 Å². The number of hydrogen-bond acceptors (Lipinski definition) is 10. The number of nitrogens with two attached hydrogens (primary N) is 1. The molecule has 10 heteroatoms. The van der Waals surface area contributed by atoms with Crippen molar-refractivity contribution in [2.24, 2.45) is 51.6 Å². The van der Waals surface area contributed by atoms with Crippen molar-refractivity contribution >= 4 is 17.9 Å².